The van der Waals surface area contributed by atoms with Crippen molar-refractivity contribution in [2.45, 2.75) is 13.5 Å². The van der Waals surface area contributed by atoms with Crippen molar-refractivity contribution >= 4 is 16.9 Å². The summed E-state index contributed by atoms with van der Waals surface area (Å²) in [6.45, 7) is 1.66. The molecular weight excluding hydrogens is 234 g/mol. The average Bonchev–Trinajstić information content (AvgIpc) is 2.36. The second-order valence-electron chi connectivity index (χ2n) is 3.95. The Morgan fingerprint density at radius 1 is 1.39 bits per heavy atom. The average molecular weight is 247 g/mol. The largest absolute Gasteiger partial charge is 0.494 e. The van der Waals surface area contributed by atoms with Gasteiger partial charge in [-0.05, 0) is 30.7 Å². The molecule has 1 aromatic heterocycles. The Bertz CT molecular complexity index is 622. The number of pyridine rings is 1. The third-order valence-electron chi connectivity index (χ3n) is 2.82. The van der Waals surface area contributed by atoms with E-state index in [2.05, 4.69) is 4.98 Å². The van der Waals surface area contributed by atoms with Crippen LogP contribution in [0.25, 0.3) is 10.9 Å². The Balaban J connectivity index is 2.79. The fourth-order valence-corrected chi connectivity index (χ4v) is 1.83. The minimum atomic E-state index is -1.03. The number of ether oxygens (including phenoxy) is 1. The minimum absolute atomic E-state index is 0.131. The van der Waals surface area contributed by atoms with E-state index in [1.54, 1.807) is 13.0 Å². The van der Waals surface area contributed by atoms with Crippen LogP contribution >= 0.6 is 0 Å². The van der Waals surface area contributed by atoms with E-state index >= 15 is 0 Å². The second kappa shape index (κ2) is 4.62. The molecule has 18 heavy (non-hydrogen) atoms. The summed E-state index contributed by atoms with van der Waals surface area (Å²) in [5, 5.41) is 18.9. The van der Waals surface area contributed by atoms with Crippen molar-refractivity contribution in [2.75, 3.05) is 7.11 Å². The van der Waals surface area contributed by atoms with Gasteiger partial charge in [0.1, 0.15) is 11.3 Å². The van der Waals surface area contributed by atoms with E-state index in [4.69, 9.17) is 9.84 Å². The summed E-state index contributed by atoms with van der Waals surface area (Å²) in [7, 11) is 1.47. The molecular formula is C13H13NO4. The summed E-state index contributed by atoms with van der Waals surface area (Å²) in [6.07, 6.45) is 0. The summed E-state index contributed by atoms with van der Waals surface area (Å²) in [4.78, 5) is 15.3. The van der Waals surface area contributed by atoms with Crippen LogP contribution in [-0.2, 0) is 6.61 Å². The van der Waals surface area contributed by atoms with E-state index in [1.807, 2.05) is 0 Å². The maximum absolute atomic E-state index is 11.0. The van der Waals surface area contributed by atoms with E-state index in [9.17, 15) is 9.90 Å². The number of rotatable bonds is 3. The van der Waals surface area contributed by atoms with Gasteiger partial charge in [-0.2, -0.15) is 0 Å². The van der Waals surface area contributed by atoms with Crippen molar-refractivity contribution < 1.29 is 19.7 Å². The number of hydrogen-bond acceptors (Lipinski definition) is 4. The van der Waals surface area contributed by atoms with Crippen LogP contribution < -0.4 is 4.74 Å². The monoisotopic (exact) mass is 247 g/mol. The van der Waals surface area contributed by atoms with Crippen LogP contribution in [-0.4, -0.2) is 28.3 Å². The number of aromatic carboxylic acids is 1. The molecule has 0 unspecified atom stereocenters. The number of aliphatic hydroxyl groups is 1. The van der Waals surface area contributed by atoms with Gasteiger partial charge in [-0.3, -0.25) is 0 Å². The zero-order valence-corrected chi connectivity index (χ0v) is 10.1. The number of aromatic nitrogens is 1. The lowest BCUT2D eigenvalue weighted by molar-refractivity contribution is 0.0696. The van der Waals surface area contributed by atoms with Crippen LogP contribution in [0.5, 0.6) is 5.75 Å². The molecule has 0 aliphatic rings. The topological polar surface area (TPSA) is 79.7 Å². The summed E-state index contributed by atoms with van der Waals surface area (Å²) in [6, 6.07) is 4.69. The standard InChI is InChI=1S/C13H13NO4/c1-7-10(6-15)4-8-3-9(13(16)17)5-11(18-2)12(8)14-7/h3-5,15H,6H2,1-2H3,(H,16,17). The molecule has 0 aliphatic heterocycles. The zero-order chi connectivity index (χ0) is 13.3. The number of aryl methyl sites for hydroxylation is 1. The SMILES string of the molecule is COc1cc(C(=O)O)cc2cc(CO)c(C)nc12. The molecule has 94 valence electrons. The van der Waals surface area contributed by atoms with Gasteiger partial charge in [-0.25, -0.2) is 9.78 Å². The number of hydrogen-bond donors (Lipinski definition) is 2. The molecule has 2 rings (SSSR count). The summed E-state index contributed by atoms with van der Waals surface area (Å²) in [5.74, 6) is -0.612. The van der Waals surface area contributed by atoms with Crippen molar-refractivity contribution in [3.63, 3.8) is 0 Å². The first kappa shape index (κ1) is 12.3. The summed E-state index contributed by atoms with van der Waals surface area (Å²) in [5.41, 5.74) is 2.10. The van der Waals surface area contributed by atoms with E-state index in [0.717, 1.165) is 0 Å². The molecule has 0 atom stereocenters. The third kappa shape index (κ3) is 2.00. The Kier molecular flexibility index (Phi) is 3.16. The molecule has 0 fully saturated rings. The second-order valence-corrected chi connectivity index (χ2v) is 3.95. The Labute approximate surface area is 104 Å². The molecule has 0 amide bonds. The van der Waals surface area contributed by atoms with Gasteiger partial charge in [0.25, 0.3) is 0 Å². The molecule has 1 heterocycles. The van der Waals surface area contributed by atoms with Crippen molar-refractivity contribution in [3.8, 4) is 5.75 Å². The maximum atomic E-state index is 11.0. The van der Waals surface area contributed by atoms with Crippen LogP contribution in [0.1, 0.15) is 21.6 Å². The first-order chi connectivity index (χ1) is 8.56. The van der Waals surface area contributed by atoms with Crippen molar-refractivity contribution in [1.29, 1.82) is 0 Å². The summed E-state index contributed by atoms with van der Waals surface area (Å²) >= 11 is 0. The van der Waals surface area contributed by atoms with Gasteiger partial charge in [0, 0.05) is 11.1 Å². The van der Waals surface area contributed by atoms with Crippen LogP contribution in [0.3, 0.4) is 0 Å². The van der Waals surface area contributed by atoms with Gasteiger partial charge in [0.05, 0.1) is 19.3 Å². The molecule has 0 aliphatic carbocycles. The highest BCUT2D eigenvalue weighted by Crippen LogP contribution is 2.27. The van der Waals surface area contributed by atoms with Crippen LogP contribution in [0.15, 0.2) is 18.2 Å². The molecule has 5 heteroatoms. The molecule has 2 aromatic rings. The lowest BCUT2D eigenvalue weighted by Gasteiger charge is -2.09. The predicted molar refractivity (Wildman–Crippen MR) is 65.9 cm³/mol. The molecule has 1 aromatic carbocycles. The van der Waals surface area contributed by atoms with E-state index in [1.165, 1.54) is 19.2 Å². The molecule has 0 saturated carbocycles. The predicted octanol–water partition coefficient (Wildman–Crippen LogP) is 1.74. The Morgan fingerprint density at radius 3 is 2.67 bits per heavy atom. The number of carbonyl (C=O) groups is 1. The van der Waals surface area contributed by atoms with Crippen LogP contribution in [0, 0.1) is 6.92 Å². The van der Waals surface area contributed by atoms with Gasteiger partial charge in [-0.15, -0.1) is 0 Å². The lowest BCUT2D eigenvalue weighted by Crippen LogP contribution is -2.00. The fourth-order valence-electron chi connectivity index (χ4n) is 1.83. The molecule has 0 radical (unpaired) electrons. The molecule has 0 saturated heterocycles. The maximum Gasteiger partial charge on any atom is 0.335 e. The highest BCUT2D eigenvalue weighted by atomic mass is 16.5. The summed E-state index contributed by atoms with van der Waals surface area (Å²) < 4.78 is 5.16. The lowest BCUT2D eigenvalue weighted by atomic mass is 10.1. The van der Waals surface area contributed by atoms with E-state index in [0.29, 0.717) is 27.9 Å². The highest BCUT2D eigenvalue weighted by Gasteiger charge is 2.12. The van der Waals surface area contributed by atoms with Gasteiger partial charge >= 0.3 is 5.97 Å². The van der Waals surface area contributed by atoms with Gasteiger partial charge < -0.3 is 14.9 Å². The Morgan fingerprint density at radius 2 is 2.11 bits per heavy atom. The molecule has 5 nitrogen and oxygen atoms in total. The smallest absolute Gasteiger partial charge is 0.335 e. The number of carboxylic acid groups (broad SMARTS) is 1. The third-order valence-corrected chi connectivity index (χ3v) is 2.82. The molecule has 0 spiro atoms. The normalized spacial score (nSPS) is 10.6. The van der Waals surface area contributed by atoms with Crippen molar-refractivity contribution in [1.82, 2.24) is 4.98 Å². The Hall–Kier alpha value is -2.14. The quantitative estimate of drug-likeness (QED) is 0.863. The van der Waals surface area contributed by atoms with Gasteiger partial charge in [0.15, 0.2) is 0 Å². The minimum Gasteiger partial charge on any atom is -0.494 e. The van der Waals surface area contributed by atoms with E-state index < -0.39 is 5.97 Å². The van der Waals surface area contributed by atoms with E-state index in [-0.39, 0.29) is 12.2 Å². The first-order valence-electron chi connectivity index (χ1n) is 5.39. The van der Waals surface area contributed by atoms with Gasteiger partial charge in [-0.1, -0.05) is 0 Å². The van der Waals surface area contributed by atoms with Crippen LogP contribution in [0.4, 0.5) is 0 Å². The zero-order valence-electron chi connectivity index (χ0n) is 10.1. The number of benzene rings is 1. The molecule has 0 bridgehead atoms. The molecule has 2 N–H and O–H groups in total. The number of methoxy groups -OCH3 is 1. The number of carboxylic acids is 1. The number of fused-ring (bicyclic) bond motifs is 1. The highest BCUT2D eigenvalue weighted by molar-refractivity contribution is 5.96. The number of aliphatic hydroxyl groups excluding tert-OH is 1. The van der Waals surface area contributed by atoms with Crippen molar-refractivity contribution in [3.05, 3.63) is 35.0 Å². The van der Waals surface area contributed by atoms with Crippen LogP contribution in [0.2, 0.25) is 0 Å². The number of nitrogens with zero attached hydrogens (tertiary/aromatic N) is 1. The fraction of sp³-hybridized carbons (Fsp3) is 0.231. The van der Waals surface area contributed by atoms with Crippen molar-refractivity contribution in [2.24, 2.45) is 0 Å². The first-order valence-corrected chi connectivity index (χ1v) is 5.39. The van der Waals surface area contributed by atoms with Gasteiger partial charge in [0.2, 0.25) is 0 Å².